The summed E-state index contributed by atoms with van der Waals surface area (Å²) >= 11 is 0.544. The lowest BCUT2D eigenvalue weighted by Gasteiger charge is -2.24. The number of aromatic nitrogens is 4. The van der Waals surface area contributed by atoms with E-state index in [2.05, 4.69) is 21.1 Å². The van der Waals surface area contributed by atoms with Crippen LogP contribution in [-0.2, 0) is 9.59 Å². The normalized spacial score (nSPS) is 12.5. The Kier molecular flexibility index (Phi) is 22.9. The Morgan fingerprint density at radius 3 is 1.08 bits per heavy atom. The SMILES string of the molecule is COc1ccc2sc(/C(C#N)=c3/c4c(-c5ccc(OCCCCC(=O)NSC(F)(F)C(F)(F)F)cc5)n(B(c5ccccc5)c5ccccc5)/c(=C(/C#N)c5nc6cc(OC)ccc6s5)c4c(-c4ccc(OCCCCC(=O)NSC(F)(F)C(F)(F)F)cc4)n3B(c3ccccc3)c3ccccc3)nc2c1. The van der Waals surface area contributed by atoms with Crippen LogP contribution in [0.1, 0.15) is 48.5 Å². The van der Waals surface area contributed by atoms with Gasteiger partial charge >= 0.3 is 36.6 Å². The van der Waals surface area contributed by atoms with Crippen molar-refractivity contribution in [3.8, 4) is 57.7 Å². The number of benzene rings is 8. The molecule has 0 radical (unpaired) electrons. The first-order valence-electron chi connectivity index (χ1n) is 32.8. The molecular weight excluding hydrogens is 1460 g/mol. The number of halogens is 10. The molecule has 0 aliphatic rings. The zero-order chi connectivity index (χ0) is 74.9. The van der Waals surface area contributed by atoms with Crippen LogP contribution in [0.3, 0.4) is 0 Å². The van der Waals surface area contributed by atoms with Crippen molar-refractivity contribution >= 4 is 136 Å². The van der Waals surface area contributed by atoms with Crippen LogP contribution in [-0.4, -0.2) is 94.7 Å². The van der Waals surface area contributed by atoms with Gasteiger partial charge in [0.2, 0.25) is 11.8 Å². The first kappa shape index (κ1) is 75.0. The molecule has 0 aliphatic carbocycles. The number of nitriles is 2. The summed E-state index contributed by atoms with van der Waals surface area (Å²) < 4.78 is 164. The van der Waals surface area contributed by atoms with Gasteiger partial charge in [-0.25, -0.2) is 9.97 Å². The number of unbranched alkanes of at least 4 members (excludes halogenated alkanes) is 2. The number of hydrogen-bond acceptors (Lipinski definition) is 14. The van der Waals surface area contributed by atoms with Crippen LogP contribution in [0.25, 0.3) is 64.9 Å². The zero-order valence-electron chi connectivity index (χ0n) is 56.0. The second-order valence-electron chi connectivity index (χ2n) is 24.0. The standard InChI is InChI=1S/C76H58B2F10N8O6S4/c1-99-55-37-39-61-59(43-55)91-71(103-61)57(45-89)69-65-66(68(95(69)77(49-19-7-3-8-20-49)50-21-9-4-10-22-50)48-31-35-54(36-32-48)102-42-18-16-28-64(98)94-106-76(87,88)74(82,83)84)70(58(46-90)72-92-60-44-56(100-2)38-40-62(60)104-72)96(78(51-23-11-5-12-24-51)52-25-13-6-14-26-52)67(65)47-29-33-53(34-30-47)101-41-17-15-27-63(97)93-105-75(85,86)73(79,80)81/h3-14,19-26,29-40,43-44H,15-18,27-28,41-42H2,1-2H3,(H,93,97)(H,94,98)/b69-57-,70-58-. The fraction of sp³-hybridized carbons (Fsp3) is 0.184. The molecule has 0 aliphatic heterocycles. The number of nitrogens with zero attached hydrogens (tertiary/aromatic N) is 6. The van der Waals surface area contributed by atoms with Crippen molar-refractivity contribution in [3.05, 3.63) is 227 Å². The predicted octanol–water partition coefficient (Wildman–Crippen LogP) is 14.7. The maximum Gasteiger partial charge on any atom is 0.465 e. The van der Waals surface area contributed by atoms with E-state index < -0.39 is 72.3 Å². The molecule has 106 heavy (non-hydrogen) atoms. The molecule has 0 fully saturated rings. The van der Waals surface area contributed by atoms with Gasteiger partial charge in [0.1, 0.15) is 56.3 Å². The molecule has 0 saturated heterocycles. The highest BCUT2D eigenvalue weighted by Crippen LogP contribution is 2.45. The average molecular weight is 1520 g/mol. The van der Waals surface area contributed by atoms with Gasteiger partial charge in [0.25, 0.3) is 0 Å². The number of carbonyl (C=O) groups is 2. The Hall–Kier alpha value is -10.7. The van der Waals surface area contributed by atoms with Gasteiger partial charge in [-0.05, 0) is 110 Å². The smallest absolute Gasteiger partial charge is 0.465 e. The quantitative estimate of drug-likeness (QED) is 0.0206. The third kappa shape index (κ3) is 16.2. The van der Waals surface area contributed by atoms with E-state index in [1.54, 1.807) is 72.2 Å². The number of methoxy groups -OCH3 is 2. The molecule has 4 heterocycles. The van der Waals surface area contributed by atoms with Crippen molar-refractivity contribution in [1.29, 1.82) is 10.5 Å². The second-order valence-corrected chi connectivity index (χ2v) is 27.9. The number of fused-ring (bicyclic) bond motifs is 3. The number of nitrogens with one attached hydrogen (secondary N) is 2. The minimum absolute atomic E-state index is 0.00229. The van der Waals surface area contributed by atoms with Gasteiger partial charge in [-0.1, -0.05) is 143 Å². The highest BCUT2D eigenvalue weighted by Gasteiger charge is 2.60. The summed E-state index contributed by atoms with van der Waals surface area (Å²) in [6, 6.07) is 69.3. The lowest BCUT2D eigenvalue weighted by molar-refractivity contribution is -0.238. The largest absolute Gasteiger partial charge is 0.497 e. The summed E-state index contributed by atoms with van der Waals surface area (Å²) in [5.41, 5.74) is 6.51. The Labute approximate surface area is 617 Å². The molecule has 30 heteroatoms. The molecule has 0 saturated carbocycles. The molecular formula is C76H58B2F10N8O6S4. The van der Waals surface area contributed by atoms with Crippen LogP contribution >= 0.6 is 46.6 Å². The molecule has 12 aromatic rings. The Balaban J connectivity index is 1.16. The van der Waals surface area contributed by atoms with E-state index in [0.717, 1.165) is 31.3 Å². The lowest BCUT2D eigenvalue weighted by Crippen LogP contribution is -2.54. The number of alkyl halides is 10. The maximum atomic E-state index is 13.6. The minimum atomic E-state index is -5.88. The van der Waals surface area contributed by atoms with Gasteiger partial charge in [-0.15, -0.1) is 22.7 Å². The molecule has 4 aromatic heterocycles. The minimum Gasteiger partial charge on any atom is -0.497 e. The van der Waals surface area contributed by atoms with E-state index in [-0.39, 0.29) is 62.9 Å². The molecule has 12 rings (SSSR count). The zero-order valence-corrected chi connectivity index (χ0v) is 59.3. The predicted molar refractivity (Wildman–Crippen MR) is 397 cm³/mol. The average Bonchev–Trinajstić information content (AvgIpc) is 1.52. The van der Waals surface area contributed by atoms with E-state index in [1.165, 1.54) is 22.7 Å². The number of amides is 2. The Morgan fingerprint density at radius 1 is 0.462 bits per heavy atom. The molecule has 8 aromatic carbocycles. The molecule has 0 unspecified atom stereocenters. The van der Waals surface area contributed by atoms with Gasteiger partial charge in [0.15, 0.2) is 0 Å². The lowest BCUT2D eigenvalue weighted by atomic mass is 9.50. The highest BCUT2D eigenvalue weighted by molar-refractivity contribution is 7.99. The van der Waals surface area contributed by atoms with Gasteiger partial charge in [-0.3, -0.25) is 19.0 Å². The van der Waals surface area contributed by atoms with E-state index in [9.17, 15) is 64.0 Å². The van der Waals surface area contributed by atoms with E-state index in [1.807, 2.05) is 158 Å². The van der Waals surface area contributed by atoms with Crippen LogP contribution < -0.4 is 60.9 Å². The van der Waals surface area contributed by atoms with Gasteiger partial charge in [0.05, 0.1) is 58.6 Å². The Bertz CT molecular complexity index is 4960. The van der Waals surface area contributed by atoms with Crippen LogP contribution in [0.5, 0.6) is 23.0 Å². The van der Waals surface area contributed by atoms with E-state index >= 15 is 0 Å². The molecule has 14 nitrogen and oxygen atoms in total. The second kappa shape index (κ2) is 32.4. The van der Waals surface area contributed by atoms with Crippen molar-refractivity contribution in [2.75, 3.05) is 27.4 Å². The fourth-order valence-electron chi connectivity index (χ4n) is 12.2. The number of hydrogen-bond donors (Lipinski definition) is 2. The maximum absolute atomic E-state index is 13.6. The molecule has 0 spiro atoms. The third-order valence-electron chi connectivity index (χ3n) is 17.1. The number of carbonyl (C=O) groups excluding carboxylic acids is 2. The summed E-state index contributed by atoms with van der Waals surface area (Å²) in [7, 11) is 3.08. The first-order valence-corrected chi connectivity index (χ1v) is 36.0. The van der Waals surface area contributed by atoms with Crippen LogP contribution in [0.4, 0.5) is 43.9 Å². The summed E-state index contributed by atoms with van der Waals surface area (Å²) in [6.07, 6.45) is -12.0. The topological polar surface area (TPSA) is 178 Å². The van der Waals surface area contributed by atoms with Crippen LogP contribution in [0.2, 0.25) is 0 Å². The van der Waals surface area contributed by atoms with Crippen molar-refractivity contribution in [1.82, 2.24) is 28.4 Å². The molecule has 0 atom stereocenters. The molecule has 0 bridgehead atoms. The monoisotopic (exact) mass is 1520 g/mol. The summed E-state index contributed by atoms with van der Waals surface area (Å²) in [5.74, 6) is -0.319. The van der Waals surface area contributed by atoms with Crippen molar-refractivity contribution in [3.63, 3.8) is 0 Å². The Morgan fingerprint density at radius 2 is 0.783 bits per heavy atom. The fourth-order valence-corrected chi connectivity index (χ4v) is 15.0. The summed E-state index contributed by atoms with van der Waals surface area (Å²) in [4.78, 5) is 35.4. The molecule has 538 valence electrons. The van der Waals surface area contributed by atoms with E-state index in [0.29, 0.717) is 88.0 Å². The summed E-state index contributed by atoms with van der Waals surface area (Å²) in [6.45, 7) is -1.62. The van der Waals surface area contributed by atoms with Gasteiger partial charge in [-0.2, -0.15) is 54.4 Å². The van der Waals surface area contributed by atoms with Crippen molar-refractivity contribution in [2.24, 2.45) is 0 Å². The number of thiazole rings is 2. The van der Waals surface area contributed by atoms with Gasteiger partial charge in [0, 0.05) is 71.0 Å². The van der Waals surface area contributed by atoms with Crippen LogP contribution in [0.15, 0.2) is 206 Å². The third-order valence-corrected chi connectivity index (χ3v) is 20.8. The number of rotatable bonds is 28. The molecule has 2 amide bonds. The first-order chi connectivity index (χ1) is 51.0. The number of ether oxygens (including phenoxy) is 4. The molecule has 2 N–H and O–H groups in total. The highest BCUT2D eigenvalue weighted by atomic mass is 32.2. The van der Waals surface area contributed by atoms with Gasteiger partial charge < -0.3 is 27.9 Å². The summed E-state index contributed by atoms with van der Waals surface area (Å²) in [5, 5.41) is 16.9. The van der Waals surface area contributed by atoms with Crippen LogP contribution in [0, 0.1) is 22.7 Å². The van der Waals surface area contributed by atoms with Crippen molar-refractivity contribution in [2.45, 2.75) is 61.4 Å². The van der Waals surface area contributed by atoms with Crippen molar-refractivity contribution < 1.29 is 72.4 Å². The van der Waals surface area contributed by atoms with E-state index in [4.69, 9.17) is 28.9 Å².